The Bertz CT molecular complexity index is 649. The van der Waals surface area contributed by atoms with E-state index in [1.165, 1.54) is 38.5 Å². The highest BCUT2D eigenvalue weighted by atomic mass is 17.2. The lowest BCUT2D eigenvalue weighted by Gasteiger charge is -2.24. The summed E-state index contributed by atoms with van der Waals surface area (Å²) in [5, 5.41) is 0. The van der Waals surface area contributed by atoms with Gasteiger partial charge in [-0.25, -0.2) is 19.6 Å². The van der Waals surface area contributed by atoms with Gasteiger partial charge in [-0.1, -0.05) is 99.2 Å². The van der Waals surface area contributed by atoms with Crippen LogP contribution in [0.1, 0.15) is 90.2 Å². The second-order valence-electron chi connectivity index (χ2n) is 9.39. The van der Waals surface area contributed by atoms with Crippen LogP contribution >= 0.6 is 0 Å². The average molecular weight is 443 g/mol. The molecular formula is C28H42O4. The fraction of sp³-hybridized carbons (Fsp3) is 0.571. The van der Waals surface area contributed by atoms with Crippen molar-refractivity contribution in [3.05, 3.63) is 71.8 Å². The van der Waals surface area contributed by atoms with Crippen molar-refractivity contribution in [3.63, 3.8) is 0 Å². The van der Waals surface area contributed by atoms with Crippen LogP contribution in [0, 0.1) is 0 Å². The minimum Gasteiger partial charge on any atom is -0.236 e. The molecule has 0 radical (unpaired) electrons. The maximum absolute atomic E-state index is 5.63. The first-order valence-electron chi connectivity index (χ1n) is 12.1. The fourth-order valence-corrected chi connectivity index (χ4v) is 3.54. The maximum atomic E-state index is 5.63. The Morgan fingerprint density at radius 2 is 0.781 bits per heavy atom. The van der Waals surface area contributed by atoms with E-state index in [9.17, 15) is 0 Å². The molecule has 4 heteroatoms. The summed E-state index contributed by atoms with van der Waals surface area (Å²) in [5.74, 6) is 0. The molecule has 32 heavy (non-hydrogen) atoms. The molecule has 0 aliphatic rings. The molecule has 0 saturated heterocycles. The predicted molar refractivity (Wildman–Crippen MR) is 130 cm³/mol. The van der Waals surface area contributed by atoms with Crippen LogP contribution < -0.4 is 0 Å². The van der Waals surface area contributed by atoms with E-state index in [-0.39, 0.29) is 0 Å². The van der Waals surface area contributed by atoms with Gasteiger partial charge in [-0.15, -0.1) is 0 Å². The summed E-state index contributed by atoms with van der Waals surface area (Å²) in [6.45, 7) is 9.42. The molecule has 0 N–H and O–H groups in total. The highest BCUT2D eigenvalue weighted by molar-refractivity contribution is 5.21. The molecule has 0 aromatic heterocycles. The third-order valence-corrected chi connectivity index (χ3v) is 5.68. The molecule has 0 unspecified atom stereocenters. The van der Waals surface area contributed by atoms with Crippen molar-refractivity contribution in [2.75, 3.05) is 13.2 Å². The van der Waals surface area contributed by atoms with Crippen LogP contribution in [0.15, 0.2) is 60.7 Å². The molecule has 0 aliphatic heterocycles. The molecule has 178 valence electrons. The summed E-state index contributed by atoms with van der Waals surface area (Å²) < 4.78 is 0. The van der Waals surface area contributed by atoms with E-state index >= 15 is 0 Å². The van der Waals surface area contributed by atoms with Gasteiger partial charge in [0.05, 0.1) is 13.2 Å². The summed E-state index contributed by atoms with van der Waals surface area (Å²) in [6, 6.07) is 20.4. The molecule has 0 spiro atoms. The molecule has 2 rings (SSSR count). The van der Waals surface area contributed by atoms with Gasteiger partial charge in [0, 0.05) is 0 Å². The van der Waals surface area contributed by atoms with Crippen molar-refractivity contribution in [2.24, 2.45) is 0 Å². The van der Waals surface area contributed by atoms with Crippen molar-refractivity contribution in [3.8, 4) is 0 Å². The Morgan fingerprint density at radius 3 is 1.12 bits per heavy atom. The minimum absolute atomic E-state index is 0.423. The van der Waals surface area contributed by atoms with Crippen LogP contribution in [0.4, 0.5) is 0 Å². The summed E-state index contributed by atoms with van der Waals surface area (Å²) in [6.07, 6.45) is 9.47. The zero-order valence-electron chi connectivity index (χ0n) is 20.5. The summed E-state index contributed by atoms with van der Waals surface area (Å²) in [4.78, 5) is 22.2. The van der Waals surface area contributed by atoms with Gasteiger partial charge in [-0.2, -0.15) is 0 Å². The van der Waals surface area contributed by atoms with Gasteiger partial charge in [0.25, 0.3) is 0 Å². The first-order valence-corrected chi connectivity index (χ1v) is 12.1. The van der Waals surface area contributed by atoms with Gasteiger partial charge in [0.15, 0.2) is 0 Å². The molecule has 0 saturated carbocycles. The van der Waals surface area contributed by atoms with Crippen molar-refractivity contribution in [1.29, 1.82) is 0 Å². The summed E-state index contributed by atoms with van der Waals surface area (Å²) in [7, 11) is 0. The van der Waals surface area contributed by atoms with Gasteiger partial charge in [-0.3, -0.25) is 0 Å². The summed E-state index contributed by atoms with van der Waals surface area (Å²) >= 11 is 0. The van der Waals surface area contributed by atoms with Crippen LogP contribution in [0.3, 0.4) is 0 Å². The van der Waals surface area contributed by atoms with Crippen molar-refractivity contribution in [1.82, 2.24) is 0 Å². The van der Waals surface area contributed by atoms with E-state index in [2.05, 4.69) is 24.3 Å². The van der Waals surface area contributed by atoms with Gasteiger partial charge in [0.2, 0.25) is 0 Å². The average Bonchev–Trinajstić information content (AvgIpc) is 2.80. The lowest BCUT2D eigenvalue weighted by molar-refractivity contribution is -0.358. The Morgan fingerprint density at radius 1 is 0.469 bits per heavy atom. The van der Waals surface area contributed by atoms with E-state index in [0.717, 1.165) is 24.0 Å². The third kappa shape index (κ3) is 10.3. The van der Waals surface area contributed by atoms with Crippen molar-refractivity contribution < 1.29 is 19.6 Å². The van der Waals surface area contributed by atoms with Crippen LogP contribution in [0.25, 0.3) is 0 Å². The Labute approximate surface area is 195 Å². The second-order valence-corrected chi connectivity index (χ2v) is 9.39. The maximum Gasteiger partial charge on any atom is 0.123 e. The standard InChI is InChI=1S/C28H42O4/c1-27(2,25-19-13-11-14-20-25)31-29-23-17-9-7-5-6-8-10-18-24-30-32-28(3,4)26-21-15-12-16-22-26/h11-16,19-22H,5-10,17-18,23-24H2,1-4H3. The zero-order valence-corrected chi connectivity index (χ0v) is 20.5. The molecule has 0 bridgehead atoms. The lowest BCUT2D eigenvalue weighted by atomic mass is 9.99. The number of rotatable bonds is 17. The Kier molecular flexibility index (Phi) is 12.0. The molecule has 0 amide bonds. The minimum atomic E-state index is -0.423. The third-order valence-electron chi connectivity index (χ3n) is 5.68. The number of hydrogen-bond acceptors (Lipinski definition) is 4. The molecule has 4 nitrogen and oxygen atoms in total. The zero-order chi connectivity index (χ0) is 23.1. The number of benzene rings is 2. The van der Waals surface area contributed by atoms with Crippen molar-refractivity contribution >= 4 is 0 Å². The SMILES string of the molecule is CC(C)(OOCCCCCCCCCCOOC(C)(C)c1ccccc1)c1ccccc1. The fourth-order valence-electron chi connectivity index (χ4n) is 3.54. The van der Waals surface area contributed by atoms with Gasteiger partial charge < -0.3 is 0 Å². The monoisotopic (exact) mass is 442 g/mol. The Hall–Kier alpha value is -1.72. The molecule has 0 aliphatic carbocycles. The van der Waals surface area contributed by atoms with Crippen molar-refractivity contribution in [2.45, 2.75) is 90.3 Å². The second kappa shape index (κ2) is 14.4. The normalized spacial score (nSPS) is 12.2. The first kappa shape index (κ1) is 26.5. The van der Waals surface area contributed by atoms with E-state index < -0.39 is 11.2 Å². The summed E-state index contributed by atoms with van der Waals surface area (Å²) in [5.41, 5.74) is 1.40. The first-order chi connectivity index (χ1) is 15.4. The Balaban J connectivity index is 1.38. The van der Waals surface area contributed by atoms with Crippen LogP contribution in [-0.4, -0.2) is 13.2 Å². The van der Waals surface area contributed by atoms with Crippen LogP contribution in [0.5, 0.6) is 0 Å². The largest absolute Gasteiger partial charge is 0.236 e. The van der Waals surface area contributed by atoms with E-state index in [4.69, 9.17) is 19.6 Å². The highest BCUT2D eigenvalue weighted by Gasteiger charge is 2.23. The number of unbranched alkanes of at least 4 members (excludes halogenated alkanes) is 7. The lowest BCUT2D eigenvalue weighted by Crippen LogP contribution is -2.22. The molecule has 0 atom stereocenters. The number of hydrogen-bond donors (Lipinski definition) is 0. The molecule has 2 aromatic rings. The molecule has 2 aromatic carbocycles. The molecular weight excluding hydrogens is 400 g/mol. The quantitative estimate of drug-likeness (QED) is 0.142. The molecule has 0 fully saturated rings. The smallest absolute Gasteiger partial charge is 0.123 e. The van der Waals surface area contributed by atoms with Gasteiger partial charge in [-0.05, 0) is 51.7 Å². The van der Waals surface area contributed by atoms with Gasteiger partial charge in [0.1, 0.15) is 11.2 Å². The van der Waals surface area contributed by atoms with E-state index in [0.29, 0.717) is 13.2 Å². The molecule has 0 heterocycles. The van der Waals surface area contributed by atoms with Crippen LogP contribution in [-0.2, 0) is 30.8 Å². The predicted octanol–water partition coefficient (Wildman–Crippen LogP) is 7.87. The topological polar surface area (TPSA) is 36.9 Å². The van der Waals surface area contributed by atoms with E-state index in [1.807, 2.05) is 64.1 Å². The van der Waals surface area contributed by atoms with E-state index in [1.54, 1.807) is 0 Å². The van der Waals surface area contributed by atoms with Crippen LogP contribution in [0.2, 0.25) is 0 Å². The highest BCUT2D eigenvalue weighted by Crippen LogP contribution is 2.25. The van der Waals surface area contributed by atoms with Gasteiger partial charge >= 0.3 is 0 Å².